The van der Waals surface area contributed by atoms with Gasteiger partial charge in [0.05, 0.1) is 44.8 Å². The summed E-state index contributed by atoms with van der Waals surface area (Å²) in [6.07, 6.45) is 0. The number of hydrogen-bond acceptors (Lipinski definition) is 9. The molecule has 0 aliphatic rings. The lowest BCUT2D eigenvalue weighted by atomic mass is 9.98. The summed E-state index contributed by atoms with van der Waals surface area (Å²) < 4.78 is 8.08. The van der Waals surface area contributed by atoms with Crippen molar-refractivity contribution in [3.8, 4) is 90.1 Å². The molecular formula is C94H58Br2Cl2N8O. The summed E-state index contributed by atoms with van der Waals surface area (Å²) in [5, 5.41) is 11.2. The van der Waals surface area contributed by atoms with Gasteiger partial charge in [-0.25, -0.2) is 39.9 Å². The highest BCUT2D eigenvalue weighted by Crippen LogP contribution is 2.39. The van der Waals surface area contributed by atoms with Crippen LogP contribution in [0.3, 0.4) is 0 Å². The average molecular weight is 1550 g/mol. The van der Waals surface area contributed by atoms with Crippen molar-refractivity contribution >= 4 is 142 Å². The number of nitrogens with zero attached hydrogens (tertiary/aromatic N) is 8. The van der Waals surface area contributed by atoms with Gasteiger partial charge in [0.1, 0.15) is 11.2 Å². The first-order valence-electron chi connectivity index (χ1n) is 34.7. The summed E-state index contributed by atoms with van der Waals surface area (Å²) in [5.41, 5.74) is 19.9. The highest BCUT2D eigenvalue weighted by atomic mass is 79.9. The smallest absolute Gasteiger partial charge is 0.223 e. The van der Waals surface area contributed by atoms with Crippen LogP contribution in [0.1, 0.15) is 0 Å². The van der Waals surface area contributed by atoms with Crippen LogP contribution in [0.25, 0.3) is 177 Å². The van der Waals surface area contributed by atoms with E-state index in [9.17, 15) is 0 Å². The summed E-state index contributed by atoms with van der Waals surface area (Å²) in [7, 11) is 0. The molecule has 20 rings (SSSR count). The Labute approximate surface area is 642 Å². The van der Waals surface area contributed by atoms with E-state index >= 15 is 0 Å². The molecule has 0 bridgehead atoms. The van der Waals surface area contributed by atoms with E-state index in [2.05, 4.69) is 234 Å². The lowest BCUT2D eigenvalue weighted by Crippen LogP contribution is -1.95. The summed E-state index contributed by atoms with van der Waals surface area (Å²) in [6, 6.07) is 119. The molecule has 0 aliphatic carbocycles. The van der Waals surface area contributed by atoms with Crippen LogP contribution in [0.4, 0.5) is 0 Å². The van der Waals surface area contributed by atoms with Gasteiger partial charge in [-0.15, -0.1) is 0 Å². The molecule has 15 aromatic carbocycles. The number of furan rings is 1. The minimum atomic E-state index is 0.246. The van der Waals surface area contributed by atoms with E-state index in [0.29, 0.717) is 0 Å². The fourth-order valence-corrected chi connectivity index (χ4v) is 14.4. The largest absolute Gasteiger partial charge is 0.456 e. The summed E-state index contributed by atoms with van der Waals surface area (Å²) in [4.78, 5) is 37.5. The Morgan fingerprint density at radius 1 is 0.215 bits per heavy atom. The Kier molecular flexibility index (Phi) is 19.2. The van der Waals surface area contributed by atoms with Gasteiger partial charge in [-0.05, 0) is 135 Å². The number of rotatable bonds is 8. The Bertz CT molecular complexity index is 6670. The topological polar surface area (TPSA) is 116 Å². The molecule has 0 spiro atoms. The number of aromatic nitrogens is 8. The van der Waals surface area contributed by atoms with Crippen molar-refractivity contribution in [1.82, 2.24) is 39.9 Å². The number of fused-ring (bicyclic) bond motifs is 11. The lowest BCUT2D eigenvalue weighted by Gasteiger charge is -2.10. The average Bonchev–Trinajstić information content (AvgIpc) is 1.37. The highest BCUT2D eigenvalue weighted by Gasteiger charge is 2.18. The lowest BCUT2D eigenvalue weighted by molar-refractivity contribution is 0.669. The minimum absolute atomic E-state index is 0.246. The monoisotopic (exact) mass is 1540 g/mol. The molecule has 508 valence electrons. The van der Waals surface area contributed by atoms with Gasteiger partial charge in [-0.1, -0.05) is 305 Å². The van der Waals surface area contributed by atoms with Gasteiger partial charge in [0, 0.05) is 85.4 Å². The van der Waals surface area contributed by atoms with E-state index in [4.69, 9.17) is 47.6 Å². The molecule has 107 heavy (non-hydrogen) atoms. The van der Waals surface area contributed by atoms with Crippen molar-refractivity contribution < 1.29 is 4.42 Å². The van der Waals surface area contributed by atoms with Gasteiger partial charge >= 0.3 is 0 Å². The van der Waals surface area contributed by atoms with Crippen LogP contribution in [0.5, 0.6) is 0 Å². The third-order valence-electron chi connectivity index (χ3n) is 18.7. The molecular weight excluding hydrogens is 1490 g/mol. The van der Waals surface area contributed by atoms with E-state index in [-0.39, 0.29) is 10.6 Å². The number of para-hydroxylation sites is 3. The van der Waals surface area contributed by atoms with Crippen LogP contribution in [-0.2, 0) is 0 Å². The maximum atomic E-state index is 6.33. The molecule has 0 saturated carbocycles. The van der Waals surface area contributed by atoms with E-state index < -0.39 is 0 Å². The molecule has 20 aromatic rings. The van der Waals surface area contributed by atoms with Gasteiger partial charge in [-0.3, -0.25) is 0 Å². The molecule has 0 fully saturated rings. The summed E-state index contributed by atoms with van der Waals surface area (Å²) in [5.74, 6) is 1.49. The zero-order valence-corrected chi connectivity index (χ0v) is 61.7. The van der Waals surface area contributed by atoms with Crippen LogP contribution < -0.4 is 0 Å². The molecule has 0 aliphatic heterocycles. The Morgan fingerprint density at radius 2 is 0.570 bits per heavy atom. The fourth-order valence-electron chi connectivity index (χ4n) is 13.6. The Morgan fingerprint density at radius 3 is 1.08 bits per heavy atom. The molecule has 0 N–H and O–H groups in total. The predicted octanol–water partition coefficient (Wildman–Crippen LogP) is 26.9. The van der Waals surface area contributed by atoms with Crippen molar-refractivity contribution in [2.75, 3.05) is 0 Å². The first-order chi connectivity index (χ1) is 52.7. The normalized spacial score (nSPS) is 11.2. The second-order valence-electron chi connectivity index (χ2n) is 25.5. The predicted molar refractivity (Wildman–Crippen MR) is 449 cm³/mol. The van der Waals surface area contributed by atoms with Gasteiger partial charge in [0.15, 0.2) is 11.6 Å². The van der Waals surface area contributed by atoms with Crippen molar-refractivity contribution in [3.05, 3.63) is 371 Å². The van der Waals surface area contributed by atoms with Crippen molar-refractivity contribution in [2.45, 2.75) is 0 Å². The second-order valence-corrected chi connectivity index (χ2v) is 28.0. The van der Waals surface area contributed by atoms with E-state index in [1.807, 2.05) is 170 Å². The van der Waals surface area contributed by atoms with Gasteiger partial charge in [0.2, 0.25) is 10.6 Å². The van der Waals surface area contributed by atoms with E-state index in [1.165, 1.54) is 16.7 Å². The second kappa shape index (κ2) is 30.3. The third kappa shape index (κ3) is 14.4. The van der Waals surface area contributed by atoms with Gasteiger partial charge in [-0.2, -0.15) is 0 Å². The van der Waals surface area contributed by atoms with Crippen LogP contribution in [0.15, 0.2) is 365 Å². The third-order valence-corrected chi connectivity index (χ3v) is 20.1. The molecule has 5 aromatic heterocycles. The Balaban J connectivity index is 0.000000105. The molecule has 9 nitrogen and oxygen atoms in total. The fraction of sp³-hybridized carbons (Fsp3) is 0. The van der Waals surface area contributed by atoms with Crippen LogP contribution >= 0.6 is 55.1 Å². The number of halogens is 4. The first kappa shape index (κ1) is 67.7. The first-order valence-corrected chi connectivity index (χ1v) is 37.0. The van der Waals surface area contributed by atoms with E-state index in [0.717, 1.165) is 169 Å². The SMILES string of the molecule is Brc1ccc(-c2ccc(-c3nc(-c4ccccc4)c4ccccc4n3)cc2)cc1.Brc1ccc(-c2nc(-c3ccccc3)c3ccccc3n2)cc1.Clc1nc(-c2ccc3oc4ccccc4c3c2)c2ccc3ccccc3c2n1.Clc1nc(-c2cccc(-c3ccccc3)c2)c2ccc3ccccc3c2n1. The maximum Gasteiger partial charge on any atom is 0.223 e. The van der Waals surface area contributed by atoms with Gasteiger partial charge < -0.3 is 4.42 Å². The number of hydrogen-bond donors (Lipinski definition) is 0. The Hall–Kier alpha value is -12.5. The molecule has 0 radical (unpaired) electrons. The molecule has 13 heteroatoms. The van der Waals surface area contributed by atoms with Crippen molar-refractivity contribution in [1.29, 1.82) is 0 Å². The molecule has 0 amide bonds. The van der Waals surface area contributed by atoms with Gasteiger partial charge in [0.25, 0.3) is 0 Å². The van der Waals surface area contributed by atoms with E-state index in [1.54, 1.807) is 0 Å². The van der Waals surface area contributed by atoms with Crippen LogP contribution in [0, 0.1) is 0 Å². The summed E-state index contributed by atoms with van der Waals surface area (Å²) >= 11 is 19.6. The molecule has 0 unspecified atom stereocenters. The summed E-state index contributed by atoms with van der Waals surface area (Å²) in [6.45, 7) is 0. The maximum absolute atomic E-state index is 6.33. The molecule has 0 atom stereocenters. The van der Waals surface area contributed by atoms with Crippen LogP contribution in [0.2, 0.25) is 10.6 Å². The van der Waals surface area contributed by atoms with Crippen LogP contribution in [-0.4, -0.2) is 39.9 Å². The minimum Gasteiger partial charge on any atom is -0.456 e. The zero-order chi connectivity index (χ0) is 72.2. The zero-order valence-electron chi connectivity index (χ0n) is 57.0. The quantitative estimate of drug-likeness (QED) is 0.108. The highest BCUT2D eigenvalue weighted by molar-refractivity contribution is 9.10. The number of benzene rings is 15. The van der Waals surface area contributed by atoms with Crippen molar-refractivity contribution in [2.24, 2.45) is 0 Å². The standard InChI is InChI=1S/C26H17BrN2.C24H13ClN2O.C24H15ClN2.C20H13BrN2/c27-22-16-14-19(15-17-22)18-10-12-21(13-11-18)26-28-24-9-5-4-8-23(24)25(29-26)20-6-2-1-3-7-20;25-24-26-22(18-11-9-14-5-1-2-6-16(14)23(18)27-24)15-10-12-21-19(13-15)17-7-3-4-8-20(17)28-21;25-24-26-22(19-11-6-10-18(15-19)16-7-2-1-3-8-16)21-14-13-17-9-4-5-12-20(17)23(21)27-24;21-16-12-10-15(11-13-16)20-22-18-9-5-4-8-17(18)19(23-20)14-6-2-1-3-7-14/h1-17H;1-13H;1-15H;1-13H. The van der Waals surface area contributed by atoms with Crippen molar-refractivity contribution in [3.63, 3.8) is 0 Å². The molecule has 5 heterocycles. The molecule has 0 saturated heterocycles.